The van der Waals surface area contributed by atoms with Gasteiger partial charge in [-0.2, -0.15) is 0 Å². The van der Waals surface area contributed by atoms with Crippen molar-refractivity contribution in [3.8, 4) is 61.3 Å². The summed E-state index contributed by atoms with van der Waals surface area (Å²) in [5.74, 6) is 0. The monoisotopic (exact) mass is 911 g/mol. The molecule has 1 heteroatoms. The number of rotatable bonds is 5. The molecule has 1 nitrogen and oxygen atoms in total. The predicted molar refractivity (Wildman–Crippen MR) is 299 cm³/mol. The molecule has 0 unspecified atom stereocenters. The zero-order valence-corrected chi connectivity index (χ0v) is 41.1. The Morgan fingerprint density at radius 1 is 0.366 bits per heavy atom. The number of hydrogen-bond donors (Lipinski definition) is 0. The molecule has 342 valence electrons. The molecule has 5 aliphatic rings. The lowest BCUT2D eigenvalue weighted by atomic mass is 9.75. The fraction of sp³-hybridized carbons (Fsp3) is 0.200. The number of para-hydroxylation sites is 1. The summed E-state index contributed by atoms with van der Waals surface area (Å²) in [6.45, 7) is 6.99. The Hall–Kier alpha value is -7.48. The second-order valence-electron chi connectivity index (χ2n) is 22.4. The summed E-state index contributed by atoms with van der Waals surface area (Å²) in [6.07, 6.45) is 14.7. The van der Waals surface area contributed by atoms with Gasteiger partial charge in [-0.15, -0.1) is 0 Å². The molecule has 15 rings (SSSR count). The van der Waals surface area contributed by atoms with Gasteiger partial charge >= 0.3 is 0 Å². The lowest BCUT2D eigenvalue weighted by Gasteiger charge is -2.28. The Kier molecular flexibility index (Phi) is 8.74. The van der Waals surface area contributed by atoms with Gasteiger partial charge in [0.1, 0.15) is 0 Å². The molecular formula is C70H57N. The van der Waals surface area contributed by atoms with Crippen molar-refractivity contribution in [3.63, 3.8) is 0 Å². The fourth-order valence-corrected chi connectivity index (χ4v) is 14.9. The summed E-state index contributed by atoms with van der Waals surface area (Å²) < 4.78 is 2.46. The van der Waals surface area contributed by atoms with Crippen molar-refractivity contribution in [2.75, 3.05) is 0 Å². The van der Waals surface area contributed by atoms with Crippen molar-refractivity contribution in [3.05, 3.63) is 232 Å². The molecule has 1 heterocycles. The van der Waals surface area contributed by atoms with E-state index in [-0.39, 0.29) is 16.2 Å². The third-order valence-electron chi connectivity index (χ3n) is 18.4. The highest BCUT2D eigenvalue weighted by molar-refractivity contribution is 6.10. The van der Waals surface area contributed by atoms with E-state index in [1.807, 2.05) is 0 Å². The number of hydrogen-bond acceptors (Lipinski definition) is 0. The lowest BCUT2D eigenvalue weighted by Crippen LogP contribution is -2.21. The van der Waals surface area contributed by atoms with Gasteiger partial charge in [-0.25, -0.2) is 0 Å². The maximum absolute atomic E-state index is 2.60. The van der Waals surface area contributed by atoms with Crippen molar-refractivity contribution in [1.29, 1.82) is 0 Å². The normalized spacial score (nSPS) is 17.1. The minimum atomic E-state index is -0.0506. The molecule has 2 fully saturated rings. The standard InChI is InChI=1S/C70H57N/c1-44-16-28-54-55-30-25-49(41-64(55)69(62(54)38-44)34-8-9-35-69)50-26-31-57-56-29-24-48(40-63(56)70(65(57)42-50)36-10-11-37-70)47-22-19-45(20-23-47)17-18-46-21-33-67-59(39-46)58-13-5-7-15-66(58)71(67)51-27-32-53-52-12-4-6-14-60(52)68(2,3)61(53)43-51/h4-7,12-33,38-43H,8-11,34-37H2,1-3H3. The number of aryl methyl sites for hydroxylation is 1. The molecular weight excluding hydrogens is 855 g/mol. The van der Waals surface area contributed by atoms with Crippen LogP contribution >= 0.6 is 0 Å². The third-order valence-corrected chi connectivity index (χ3v) is 18.4. The quantitative estimate of drug-likeness (QED) is 0.152. The van der Waals surface area contributed by atoms with Crippen LogP contribution in [-0.2, 0) is 16.2 Å². The van der Waals surface area contributed by atoms with E-state index < -0.39 is 0 Å². The third kappa shape index (κ3) is 5.87. The zero-order chi connectivity index (χ0) is 47.2. The van der Waals surface area contributed by atoms with Crippen LogP contribution in [0.25, 0.3) is 95.3 Å². The van der Waals surface area contributed by atoms with Crippen LogP contribution in [-0.4, -0.2) is 4.57 Å². The molecule has 0 saturated heterocycles. The molecule has 71 heavy (non-hydrogen) atoms. The van der Waals surface area contributed by atoms with Crippen molar-refractivity contribution in [1.82, 2.24) is 4.57 Å². The molecule has 2 spiro atoms. The van der Waals surface area contributed by atoms with Crippen molar-refractivity contribution in [2.24, 2.45) is 0 Å². The van der Waals surface area contributed by atoms with Crippen molar-refractivity contribution < 1.29 is 0 Å². The maximum Gasteiger partial charge on any atom is 0.0541 e. The van der Waals surface area contributed by atoms with E-state index >= 15 is 0 Å². The number of benzene rings is 9. The van der Waals surface area contributed by atoms with Gasteiger partial charge in [0.05, 0.1) is 11.0 Å². The van der Waals surface area contributed by atoms with Gasteiger partial charge < -0.3 is 4.57 Å². The molecule has 0 amide bonds. The molecule has 0 atom stereocenters. The SMILES string of the molecule is Cc1ccc2c(c1)C1(CCCC1)c1cc(-c3ccc4c(c3)C3(CCCC3)c3cc(-c5ccc(C=Cc6ccc7c(c6)c6ccccc6n7-c6ccc7c(c6)C(C)(C)c6ccccc6-7)cc5)ccc3-4)ccc1-2. The number of aromatic nitrogens is 1. The highest BCUT2D eigenvalue weighted by Gasteiger charge is 2.47. The zero-order valence-electron chi connectivity index (χ0n) is 41.1. The minimum absolute atomic E-state index is 0.0506. The van der Waals surface area contributed by atoms with Crippen LogP contribution in [0.3, 0.4) is 0 Å². The fourth-order valence-electron chi connectivity index (χ4n) is 14.9. The van der Waals surface area contributed by atoms with Gasteiger partial charge in [0, 0.05) is 32.7 Å². The first kappa shape index (κ1) is 41.3. The van der Waals surface area contributed by atoms with Gasteiger partial charge in [-0.3, -0.25) is 0 Å². The van der Waals surface area contributed by atoms with E-state index in [1.165, 1.54) is 168 Å². The minimum Gasteiger partial charge on any atom is -0.309 e. The molecule has 9 aromatic carbocycles. The summed E-state index contributed by atoms with van der Waals surface area (Å²) in [7, 11) is 0. The Balaban J connectivity index is 0.717. The molecule has 0 bridgehead atoms. The molecule has 5 aliphatic carbocycles. The predicted octanol–water partition coefficient (Wildman–Crippen LogP) is 18.6. The highest BCUT2D eigenvalue weighted by atomic mass is 15.0. The molecule has 0 N–H and O–H groups in total. The number of nitrogens with zero attached hydrogens (tertiary/aromatic N) is 1. The van der Waals surface area contributed by atoms with E-state index in [4.69, 9.17) is 0 Å². The van der Waals surface area contributed by atoms with Gasteiger partial charge in [0.15, 0.2) is 0 Å². The highest BCUT2D eigenvalue weighted by Crippen LogP contribution is 2.60. The Morgan fingerprint density at radius 3 is 1.51 bits per heavy atom. The van der Waals surface area contributed by atoms with Gasteiger partial charge in [-0.05, 0) is 181 Å². The van der Waals surface area contributed by atoms with Crippen LogP contribution in [0.4, 0.5) is 0 Å². The second-order valence-corrected chi connectivity index (χ2v) is 22.4. The van der Waals surface area contributed by atoms with Crippen LogP contribution < -0.4 is 0 Å². The lowest BCUT2D eigenvalue weighted by molar-refractivity contribution is 0.549. The molecule has 0 aliphatic heterocycles. The smallest absolute Gasteiger partial charge is 0.0541 e. The number of fused-ring (bicyclic) bond motifs is 16. The summed E-state index contributed by atoms with van der Waals surface area (Å²) >= 11 is 0. The first-order valence-electron chi connectivity index (χ1n) is 26.4. The van der Waals surface area contributed by atoms with Crippen LogP contribution in [0.15, 0.2) is 182 Å². The van der Waals surface area contributed by atoms with Gasteiger partial charge in [0.25, 0.3) is 0 Å². The van der Waals surface area contributed by atoms with Gasteiger partial charge in [-0.1, -0.05) is 191 Å². The molecule has 1 aromatic heterocycles. The van der Waals surface area contributed by atoms with Crippen molar-refractivity contribution >= 4 is 34.0 Å². The summed E-state index contributed by atoms with van der Waals surface area (Å²) in [5, 5.41) is 2.55. The Labute approximate surface area is 418 Å². The summed E-state index contributed by atoms with van der Waals surface area (Å²) in [5.41, 5.74) is 30.5. The van der Waals surface area contributed by atoms with E-state index in [9.17, 15) is 0 Å². The van der Waals surface area contributed by atoms with Crippen molar-refractivity contribution in [2.45, 2.75) is 88.4 Å². The Morgan fingerprint density at radius 2 is 0.845 bits per heavy atom. The van der Waals surface area contributed by atoms with Crippen LogP contribution in [0.2, 0.25) is 0 Å². The maximum atomic E-state index is 2.60. The molecule has 0 radical (unpaired) electrons. The summed E-state index contributed by atoms with van der Waals surface area (Å²) in [6, 6.07) is 70.5. The van der Waals surface area contributed by atoms with E-state index in [2.05, 4.69) is 219 Å². The van der Waals surface area contributed by atoms with E-state index in [0.29, 0.717) is 0 Å². The van der Waals surface area contributed by atoms with E-state index in [0.717, 1.165) is 0 Å². The van der Waals surface area contributed by atoms with Gasteiger partial charge in [0.2, 0.25) is 0 Å². The van der Waals surface area contributed by atoms with Crippen LogP contribution in [0, 0.1) is 6.92 Å². The summed E-state index contributed by atoms with van der Waals surface area (Å²) in [4.78, 5) is 0. The molecule has 10 aromatic rings. The largest absolute Gasteiger partial charge is 0.309 e. The molecule has 2 saturated carbocycles. The van der Waals surface area contributed by atoms with Crippen LogP contribution in [0.5, 0.6) is 0 Å². The average molecular weight is 912 g/mol. The topological polar surface area (TPSA) is 4.93 Å². The average Bonchev–Trinajstić information content (AvgIpc) is 4.28. The van der Waals surface area contributed by atoms with Crippen LogP contribution in [0.1, 0.15) is 115 Å². The van der Waals surface area contributed by atoms with E-state index in [1.54, 1.807) is 16.7 Å². The Bertz CT molecular complexity index is 3910. The first-order chi connectivity index (χ1) is 34.8. The second kappa shape index (κ2) is 15.0. The first-order valence-corrected chi connectivity index (χ1v) is 26.4.